The lowest BCUT2D eigenvalue weighted by Gasteiger charge is -2.20. The number of ether oxygens (including phenoxy) is 3. The van der Waals surface area contributed by atoms with E-state index in [1.807, 2.05) is 32.2 Å². The molecule has 168 valence electrons. The molecular weight excluding hydrogens is 394 g/mol. The van der Waals surface area contributed by atoms with Crippen molar-refractivity contribution in [3.63, 3.8) is 0 Å². The van der Waals surface area contributed by atoms with E-state index >= 15 is 0 Å². The lowest BCUT2D eigenvalue weighted by atomic mass is 9.86. The van der Waals surface area contributed by atoms with Crippen molar-refractivity contribution in [1.29, 1.82) is 0 Å². The number of rotatable bonds is 7. The van der Waals surface area contributed by atoms with Gasteiger partial charge < -0.3 is 14.2 Å². The van der Waals surface area contributed by atoms with Crippen molar-refractivity contribution in [2.75, 3.05) is 13.8 Å². The Morgan fingerprint density at radius 3 is 2.32 bits per heavy atom. The predicted molar refractivity (Wildman–Crippen MR) is 123 cm³/mol. The summed E-state index contributed by atoms with van der Waals surface area (Å²) in [5, 5.41) is 4.42. The van der Waals surface area contributed by atoms with E-state index in [-0.39, 0.29) is 18.3 Å². The van der Waals surface area contributed by atoms with Gasteiger partial charge in [-0.25, -0.2) is 4.79 Å². The molecule has 1 heterocycles. The Morgan fingerprint density at radius 2 is 1.84 bits per heavy atom. The zero-order valence-corrected chi connectivity index (χ0v) is 19.7. The van der Waals surface area contributed by atoms with Gasteiger partial charge in [-0.2, -0.15) is 5.10 Å². The van der Waals surface area contributed by atoms with Gasteiger partial charge in [0.1, 0.15) is 5.69 Å². The van der Waals surface area contributed by atoms with E-state index in [1.54, 1.807) is 31.8 Å². The molecule has 0 aliphatic rings. The van der Waals surface area contributed by atoms with Crippen LogP contribution in [0.2, 0.25) is 0 Å². The summed E-state index contributed by atoms with van der Waals surface area (Å²) in [5.74, 6) is 0.509. The lowest BCUT2D eigenvalue weighted by molar-refractivity contribution is -0.0171. The summed E-state index contributed by atoms with van der Waals surface area (Å²) in [6.07, 6.45) is 0.679. The zero-order valence-electron chi connectivity index (χ0n) is 19.7. The second kappa shape index (κ2) is 10.3. The fourth-order valence-corrected chi connectivity index (χ4v) is 3.02. The van der Waals surface area contributed by atoms with Crippen LogP contribution in [0.4, 0.5) is 4.79 Å². The maximum Gasteiger partial charge on any atom is 0.511 e. The Morgan fingerprint density at radius 1 is 1.19 bits per heavy atom. The molecule has 1 aromatic heterocycles. The third-order valence-corrected chi connectivity index (χ3v) is 4.51. The third-order valence-electron chi connectivity index (χ3n) is 4.51. The van der Waals surface area contributed by atoms with E-state index in [4.69, 9.17) is 14.2 Å². The van der Waals surface area contributed by atoms with E-state index < -0.39 is 6.16 Å². The van der Waals surface area contributed by atoms with E-state index in [2.05, 4.69) is 43.0 Å². The van der Waals surface area contributed by atoms with Gasteiger partial charge in [0.25, 0.3) is 0 Å². The molecule has 2 aromatic rings. The van der Waals surface area contributed by atoms with E-state index in [1.165, 1.54) is 5.56 Å². The topological polar surface area (TPSA) is 74.9 Å². The Hall–Kier alpha value is -3.09. The molecule has 0 atom stereocenters. The number of carbonyl (C=O) groups is 1. The summed E-state index contributed by atoms with van der Waals surface area (Å²) in [4.78, 5) is 16.0. The smallest absolute Gasteiger partial charge is 0.454 e. The Balaban J connectivity index is 2.47. The van der Waals surface area contributed by atoms with Gasteiger partial charge in [-0.15, -0.1) is 0 Å². The van der Waals surface area contributed by atoms with Crippen LogP contribution in [-0.4, -0.2) is 42.1 Å². The summed E-state index contributed by atoms with van der Waals surface area (Å²) >= 11 is 0. The maximum atomic E-state index is 11.8. The van der Waals surface area contributed by atoms with Crippen LogP contribution in [0.3, 0.4) is 0 Å². The minimum Gasteiger partial charge on any atom is -0.454 e. The second-order valence-electron chi connectivity index (χ2n) is 8.58. The average molecular weight is 428 g/mol. The van der Waals surface area contributed by atoms with Gasteiger partial charge in [-0.1, -0.05) is 45.0 Å². The van der Waals surface area contributed by atoms with E-state index in [0.29, 0.717) is 5.76 Å². The summed E-state index contributed by atoms with van der Waals surface area (Å²) in [6, 6.07) is 10.2. The SMILES string of the molecule is CN=C/C(=C(/OCOC(=O)OC(C)C)c1cc(C)nn1C)c1ccc(C(C)(C)C)cc1. The van der Waals surface area contributed by atoms with E-state index in [0.717, 1.165) is 22.5 Å². The summed E-state index contributed by atoms with van der Waals surface area (Å²) < 4.78 is 17.8. The first-order valence-corrected chi connectivity index (χ1v) is 10.3. The van der Waals surface area contributed by atoms with Crippen LogP contribution in [0.15, 0.2) is 35.3 Å². The highest BCUT2D eigenvalue weighted by atomic mass is 16.8. The summed E-state index contributed by atoms with van der Waals surface area (Å²) in [6.45, 7) is 11.6. The molecule has 0 amide bonds. The first-order chi connectivity index (χ1) is 14.5. The Labute approximate surface area is 184 Å². The van der Waals surface area contributed by atoms with Crippen LogP contribution < -0.4 is 0 Å². The molecule has 0 aliphatic heterocycles. The van der Waals surface area contributed by atoms with Crippen molar-refractivity contribution >= 4 is 23.7 Å². The van der Waals surface area contributed by atoms with Crippen LogP contribution in [0, 0.1) is 6.92 Å². The molecule has 7 nitrogen and oxygen atoms in total. The number of hydrogen-bond acceptors (Lipinski definition) is 6. The summed E-state index contributed by atoms with van der Waals surface area (Å²) in [7, 11) is 3.54. The Kier molecular flexibility index (Phi) is 8.02. The van der Waals surface area contributed by atoms with Gasteiger partial charge in [0.2, 0.25) is 6.79 Å². The molecule has 1 aromatic carbocycles. The number of hydrogen-bond donors (Lipinski definition) is 0. The maximum absolute atomic E-state index is 11.8. The third kappa shape index (κ3) is 6.70. The number of nitrogens with zero attached hydrogens (tertiary/aromatic N) is 3. The van der Waals surface area contributed by atoms with Crippen molar-refractivity contribution in [3.8, 4) is 0 Å². The van der Waals surface area contributed by atoms with Gasteiger partial charge in [0.05, 0.1) is 11.8 Å². The van der Waals surface area contributed by atoms with Gasteiger partial charge in [0, 0.05) is 25.9 Å². The van der Waals surface area contributed by atoms with Gasteiger partial charge in [-0.05, 0) is 43.4 Å². The Bertz CT molecular complexity index is 948. The van der Waals surface area contributed by atoms with E-state index in [9.17, 15) is 4.79 Å². The largest absolute Gasteiger partial charge is 0.511 e. The number of benzene rings is 1. The van der Waals surface area contributed by atoms with Crippen molar-refractivity contribution in [2.45, 2.75) is 53.1 Å². The van der Waals surface area contributed by atoms with Crippen molar-refractivity contribution in [2.24, 2.45) is 12.0 Å². The van der Waals surface area contributed by atoms with Crippen LogP contribution in [0.5, 0.6) is 0 Å². The molecule has 0 saturated heterocycles. The quantitative estimate of drug-likeness (QED) is 0.265. The van der Waals surface area contributed by atoms with Crippen LogP contribution in [-0.2, 0) is 26.7 Å². The van der Waals surface area contributed by atoms with Crippen molar-refractivity contribution in [3.05, 3.63) is 52.8 Å². The molecule has 0 saturated carbocycles. The number of aliphatic imine (C=N–C) groups is 1. The molecule has 2 rings (SSSR count). The minimum atomic E-state index is -0.782. The zero-order chi connectivity index (χ0) is 23.2. The number of carbonyl (C=O) groups excluding carboxylic acids is 1. The minimum absolute atomic E-state index is 0.0460. The number of aromatic nitrogens is 2. The molecule has 0 radical (unpaired) electrons. The van der Waals surface area contributed by atoms with Gasteiger partial charge in [0.15, 0.2) is 5.76 Å². The van der Waals surface area contributed by atoms with Crippen LogP contribution in [0.25, 0.3) is 11.3 Å². The molecule has 0 aliphatic carbocycles. The molecular formula is C24H33N3O4. The molecule has 7 heteroatoms. The molecule has 31 heavy (non-hydrogen) atoms. The molecule has 0 fully saturated rings. The average Bonchev–Trinajstić information content (AvgIpc) is 3.00. The van der Waals surface area contributed by atoms with Gasteiger partial charge >= 0.3 is 6.16 Å². The first-order valence-electron chi connectivity index (χ1n) is 10.3. The lowest BCUT2D eigenvalue weighted by Crippen LogP contribution is -2.15. The monoisotopic (exact) mass is 427 g/mol. The normalized spacial score (nSPS) is 12.8. The highest BCUT2D eigenvalue weighted by Crippen LogP contribution is 2.29. The first kappa shape index (κ1) is 24.2. The predicted octanol–water partition coefficient (Wildman–Crippen LogP) is 5.13. The van der Waals surface area contributed by atoms with Crippen LogP contribution in [0.1, 0.15) is 57.1 Å². The number of allylic oxidation sites excluding steroid dienone is 1. The molecule has 0 unspecified atom stereocenters. The molecule has 0 spiro atoms. The van der Waals surface area contributed by atoms with Crippen molar-refractivity contribution in [1.82, 2.24) is 9.78 Å². The second-order valence-corrected chi connectivity index (χ2v) is 8.58. The standard InChI is InChI=1S/C24H33N3O4/c1-16(2)31-23(28)30-15-29-22(21-13-17(3)26-27(21)8)20(14-25-7)18-9-11-19(12-10-18)24(4,5)6/h9-14,16H,15H2,1-8H3/b22-20-,25-14?. The molecule has 0 N–H and O–H groups in total. The van der Waals surface area contributed by atoms with Gasteiger partial charge in [-0.3, -0.25) is 9.67 Å². The summed E-state index contributed by atoms with van der Waals surface area (Å²) in [5.41, 5.74) is 4.54. The van der Waals surface area contributed by atoms with Crippen molar-refractivity contribution < 1.29 is 19.0 Å². The highest BCUT2D eigenvalue weighted by Gasteiger charge is 2.19. The fourth-order valence-electron chi connectivity index (χ4n) is 3.02. The van der Waals surface area contributed by atoms with Crippen LogP contribution >= 0.6 is 0 Å². The molecule has 0 bridgehead atoms. The fraction of sp³-hybridized carbons (Fsp3) is 0.458. The highest BCUT2D eigenvalue weighted by molar-refractivity contribution is 6.18. The number of aryl methyl sites for hydroxylation is 2.